The molecule has 1 aliphatic heterocycles. The Balaban J connectivity index is 1.79. The Morgan fingerprint density at radius 3 is 2.91 bits per heavy atom. The summed E-state index contributed by atoms with van der Waals surface area (Å²) in [6.45, 7) is 2.28. The topological polar surface area (TPSA) is 87.8 Å². The number of ether oxygens (including phenoxy) is 1. The molecular formula is C16H21N3O4. The van der Waals surface area contributed by atoms with E-state index < -0.39 is 18.2 Å². The van der Waals surface area contributed by atoms with Crippen molar-refractivity contribution in [2.75, 3.05) is 20.3 Å². The summed E-state index contributed by atoms with van der Waals surface area (Å²) < 4.78 is 7.09. The molecule has 0 radical (unpaired) electrons. The molecule has 7 nitrogen and oxygen atoms in total. The Morgan fingerprint density at radius 1 is 1.39 bits per heavy atom. The first-order chi connectivity index (χ1) is 11.0. The molecule has 1 aromatic carbocycles. The molecule has 1 saturated heterocycles. The van der Waals surface area contributed by atoms with E-state index in [0.717, 1.165) is 16.9 Å². The zero-order valence-corrected chi connectivity index (χ0v) is 13.2. The monoisotopic (exact) mass is 319 g/mol. The fraction of sp³-hybridized carbons (Fsp3) is 0.500. The fourth-order valence-corrected chi connectivity index (χ4v) is 2.93. The van der Waals surface area contributed by atoms with E-state index in [-0.39, 0.29) is 25.7 Å². The lowest BCUT2D eigenvalue weighted by Gasteiger charge is -2.37. The van der Waals surface area contributed by atoms with Crippen LogP contribution in [0.15, 0.2) is 24.3 Å². The molecule has 0 spiro atoms. The van der Waals surface area contributed by atoms with E-state index in [2.05, 4.69) is 4.98 Å². The molecule has 124 valence electrons. The Bertz CT molecular complexity index is 714. The second kappa shape index (κ2) is 6.27. The Morgan fingerprint density at radius 2 is 2.13 bits per heavy atom. The largest absolute Gasteiger partial charge is 0.388 e. The predicted octanol–water partition coefficient (Wildman–Crippen LogP) is -0.0763. The number of aryl methyl sites for hydroxylation is 1. The van der Waals surface area contributed by atoms with Gasteiger partial charge in [0.05, 0.1) is 30.3 Å². The van der Waals surface area contributed by atoms with Gasteiger partial charge in [-0.25, -0.2) is 4.98 Å². The van der Waals surface area contributed by atoms with Gasteiger partial charge in [-0.1, -0.05) is 12.1 Å². The molecule has 7 heteroatoms. The van der Waals surface area contributed by atoms with Crippen LogP contribution in [0.1, 0.15) is 5.82 Å². The molecular weight excluding hydrogens is 298 g/mol. The normalized spacial score (nSPS) is 24.8. The maximum absolute atomic E-state index is 12.6. The van der Waals surface area contributed by atoms with E-state index in [1.807, 2.05) is 35.8 Å². The third-order valence-electron chi connectivity index (χ3n) is 4.40. The molecule has 1 amide bonds. The summed E-state index contributed by atoms with van der Waals surface area (Å²) in [5.41, 5.74) is 1.74. The highest BCUT2D eigenvalue weighted by Gasteiger charge is 2.35. The average Bonchev–Trinajstić information content (AvgIpc) is 2.85. The average molecular weight is 319 g/mol. The number of carbonyl (C=O) groups is 1. The van der Waals surface area contributed by atoms with Gasteiger partial charge in [0.15, 0.2) is 0 Å². The number of likely N-dealkylation sites (N-methyl/N-ethyl adjacent to an activating group) is 1. The third-order valence-corrected chi connectivity index (χ3v) is 4.40. The van der Waals surface area contributed by atoms with Gasteiger partial charge in [-0.15, -0.1) is 0 Å². The van der Waals surface area contributed by atoms with Crippen LogP contribution in [-0.2, 0) is 16.1 Å². The molecule has 0 bridgehead atoms. The smallest absolute Gasteiger partial charge is 0.242 e. The van der Waals surface area contributed by atoms with Crippen molar-refractivity contribution in [3.63, 3.8) is 0 Å². The van der Waals surface area contributed by atoms with Gasteiger partial charge in [-0.05, 0) is 19.1 Å². The minimum absolute atomic E-state index is 0.0883. The minimum atomic E-state index is -1.00. The van der Waals surface area contributed by atoms with Gasteiger partial charge in [0, 0.05) is 7.05 Å². The third kappa shape index (κ3) is 2.95. The lowest BCUT2D eigenvalue weighted by atomic mass is 10.0. The van der Waals surface area contributed by atoms with E-state index in [0.29, 0.717) is 0 Å². The summed E-state index contributed by atoms with van der Waals surface area (Å²) in [5, 5.41) is 19.8. The molecule has 0 unspecified atom stereocenters. The van der Waals surface area contributed by atoms with Gasteiger partial charge in [0.1, 0.15) is 24.6 Å². The van der Waals surface area contributed by atoms with Crippen molar-refractivity contribution >= 4 is 16.9 Å². The summed E-state index contributed by atoms with van der Waals surface area (Å²) in [7, 11) is 1.62. The van der Waals surface area contributed by atoms with E-state index in [1.165, 1.54) is 4.90 Å². The number of aliphatic hydroxyl groups is 2. The zero-order chi connectivity index (χ0) is 16.6. The Hall–Kier alpha value is -1.96. The number of aromatic nitrogens is 2. The molecule has 1 fully saturated rings. The van der Waals surface area contributed by atoms with Crippen LogP contribution in [0.3, 0.4) is 0 Å². The standard InChI is InChI=1S/C16H21N3O4/c1-10-17-11-5-3-4-6-12(11)19(10)7-15(21)18(2)13-8-23-9-14(20)16(13)22/h3-6,13-14,16,20,22H,7-9H2,1-2H3/t13-,14-,16+/m1/s1. The highest BCUT2D eigenvalue weighted by molar-refractivity contribution is 5.81. The SMILES string of the molecule is Cc1nc2ccccc2n1CC(=O)N(C)[C@@H]1COC[C@@H](O)[C@H]1O. The van der Waals surface area contributed by atoms with Crippen molar-refractivity contribution in [1.82, 2.24) is 14.5 Å². The number of carbonyl (C=O) groups excluding carboxylic acids is 1. The van der Waals surface area contributed by atoms with Crippen molar-refractivity contribution < 1.29 is 19.7 Å². The molecule has 2 N–H and O–H groups in total. The van der Waals surface area contributed by atoms with Crippen molar-refractivity contribution in [2.24, 2.45) is 0 Å². The van der Waals surface area contributed by atoms with Crippen molar-refractivity contribution in [1.29, 1.82) is 0 Å². The van der Waals surface area contributed by atoms with E-state index >= 15 is 0 Å². The van der Waals surface area contributed by atoms with Gasteiger partial charge in [-0.2, -0.15) is 0 Å². The van der Waals surface area contributed by atoms with Crippen LogP contribution in [0.2, 0.25) is 0 Å². The number of imidazole rings is 1. The molecule has 0 saturated carbocycles. The van der Waals surface area contributed by atoms with Crippen molar-refractivity contribution in [3.8, 4) is 0 Å². The van der Waals surface area contributed by atoms with Crippen molar-refractivity contribution in [3.05, 3.63) is 30.1 Å². The second-order valence-corrected chi connectivity index (χ2v) is 5.90. The highest BCUT2D eigenvalue weighted by atomic mass is 16.5. The quantitative estimate of drug-likeness (QED) is 0.826. The summed E-state index contributed by atoms with van der Waals surface area (Å²) >= 11 is 0. The van der Waals surface area contributed by atoms with Crippen LogP contribution < -0.4 is 0 Å². The molecule has 2 heterocycles. The van der Waals surface area contributed by atoms with Crippen molar-refractivity contribution in [2.45, 2.75) is 31.7 Å². The van der Waals surface area contributed by atoms with E-state index in [1.54, 1.807) is 7.05 Å². The second-order valence-electron chi connectivity index (χ2n) is 5.90. The Kier molecular flexibility index (Phi) is 4.34. The number of rotatable bonds is 3. The van der Waals surface area contributed by atoms with Gasteiger partial charge in [-0.3, -0.25) is 4.79 Å². The lowest BCUT2D eigenvalue weighted by Crippen LogP contribution is -2.56. The van der Waals surface area contributed by atoms with Crippen LogP contribution in [0, 0.1) is 6.92 Å². The van der Waals surface area contributed by atoms with Crippen LogP contribution in [0.4, 0.5) is 0 Å². The summed E-state index contributed by atoms with van der Waals surface area (Å²) in [4.78, 5) is 18.5. The van der Waals surface area contributed by atoms with E-state index in [9.17, 15) is 15.0 Å². The number of hydrogen-bond donors (Lipinski definition) is 2. The molecule has 2 aromatic rings. The number of fused-ring (bicyclic) bond motifs is 1. The number of amides is 1. The summed E-state index contributed by atoms with van der Waals surface area (Å²) in [6.07, 6.45) is -1.97. The molecule has 1 aromatic heterocycles. The number of aliphatic hydroxyl groups excluding tert-OH is 2. The minimum Gasteiger partial charge on any atom is -0.388 e. The molecule has 3 atom stereocenters. The van der Waals surface area contributed by atoms with Crippen LogP contribution in [0.5, 0.6) is 0 Å². The number of nitrogens with zero attached hydrogens (tertiary/aromatic N) is 3. The first-order valence-electron chi connectivity index (χ1n) is 7.60. The lowest BCUT2D eigenvalue weighted by molar-refractivity contribution is -0.153. The van der Waals surface area contributed by atoms with Gasteiger partial charge < -0.3 is 24.4 Å². The number of benzene rings is 1. The molecule has 0 aliphatic carbocycles. The molecule has 3 rings (SSSR count). The van der Waals surface area contributed by atoms with Gasteiger partial charge in [0.2, 0.25) is 5.91 Å². The van der Waals surface area contributed by atoms with Crippen LogP contribution in [-0.4, -0.2) is 69.1 Å². The van der Waals surface area contributed by atoms with Gasteiger partial charge >= 0.3 is 0 Å². The van der Waals surface area contributed by atoms with Crippen LogP contribution in [0.25, 0.3) is 11.0 Å². The predicted molar refractivity (Wildman–Crippen MR) is 83.9 cm³/mol. The maximum Gasteiger partial charge on any atom is 0.242 e. The maximum atomic E-state index is 12.6. The first-order valence-corrected chi connectivity index (χ1v) is 7.60. The zero-order valence-electron chi connectivity index (χ0n) is 13.2. The molecule has 23 heavy (non-hydrogen) atoms. The van der Waals surface area contributed by atoms with Crippen LogP contribution >= 0.6 is 0 Å². The van der Waals surface area contributed by atoms with Gasteiger partial charge in [0.25, 0.3) is 0 Å². The number of para-hydroxylation sites is 2. The first kappa shape index (κ1) is 15.9. The summed E-state index contributed by atoms with van der Waals surface area (Å²) in [5.74, 6) is 0.589. The highest BCUT2D eigenvalue weighted by Crippen LogP contribution is 2.18. The van der Waals surface area contributed by atoms with E-state index in [4.69, 9.17) is 4.74 Å². The summed E-state index contributed by atoms with van der Waals surface area (Å²) in [6, 6.07) is 7.09. The fourth-order valence-electron chi connectivity index (χ4n) is 2.93. The number of hydrogen-bond acceptors (Lipinski definition) is 5. The molecule has 1 aliphatic rings. The Labute approximate surface area is 134 Å².